The van der Waals surface area contributed by atoms with E-state index >= 15 is 0 Å². The molecule has 0 bridgehead atoms. The molecule has 39 heavy (non-hydrogen) atoms. The fourth-order valence-corrected chi connectivity index (χ4v) is 4.56. The Morgan fingerprint density at radius 3 is 1.33 bits per heavy atom. The van der Waals surface area contributed by atoms with Gasteiger partial charge in [0.25, 0.3) is 0 Å². The van der Waals surface area contributed by atoms with Gasteiger partial charge >= 0.3 is 0 Å². The summed E-state index contributed by atoms with van der Waals surface area (Å²) in [6.07, 6.45) is 0. The van der Waals surface area contributed by atoms with Crippen LogP contribution in [-0.4, -0.2) is 19.9 Å². The quantitative estimate of drug-likeness (QED) is 0.237. The van der Waals surface area contributed by atoms with Crippen LogP contribution in [0.25, 0.3) is 67.8 Å². The summed E-state index contributed by atoms with van der Waals surface area (Å²) >= 11 is 0. The topological polar surface area (TPSA) is 64.7 Å². The minimum absolute atomic E-state index is 0.576. The predicted octanol–water partition coefficient (Wildman–Crippen LogP) is 8.35. The number of aromatic nitrogens is 4. The smallest absolute Gasteiger partial charge is 0.227 e. The van der Waals surface area contributed by atoms with Gasteiger partial charge in [-0.15, -0.1) is 0 Å². The largest absolute Gasteiger partial charge is 0.436 e. The minimum Gasteiger partial charge on any atom is -0.436 e. The Hall–Kier alpha value is -5.42. The van der Waals surface area contributed by atoms with Gasteiger partial charge in [0.2, 0.25) is 5.89 Å². The van der Waals surface area contributed by atoms with E-state index in [1.165, 1.54) is 0 Å². The molecular weight excluding hydrogens is 480 g/mol. The van der Waals surface area contributed by atoms with Crippen molar-refractivity contribution in [2.24, 2.45) is 0 Å². The summed E-state index contributed by atoms with van der Waals surface area (Å²) in [5.41, 5.74) is 7.49. The molecule has 5 nitrogen and oxygen atoms in total. The van der Waals surface area contributed by atoms with Crippen LogP contribution in [0.1, 0.15) is 0 Å². The lowest BCUT2D eigenvalue weighted by molar-refractivity contribution is 0.620. The average Bonchev–Trinajstić information content (AvgIpc) is 3.46. The van der Waals surface area contributed by atoms with Gasteiger partial charge < -0.3 is 4.42 Å². The van der Waals surface area contributed by atoms with E-state index in [0.717, 1.165) is 44.5 Å². The van der Waals surface area contributed by atoms with Gasteiger partial charge in [0.15, 0.2) is 23.1 Å². The van der Waals surface area contributed by atoms with Gasteiger partial charge in [0.1, 0.15) is 5.52 Å². The van der Waals surface area contributed by atoms with Crippen molar-refractivity contribution in [3.05, 3.63) is 133 Å². The van der Waals surface area contributed by atoms with E-state index in [1.807, 2.05) is 109 Å². The number of nitrogens with zero attached hydrogens (tertiary/aromatic N) is 4. The van der Waals surface area contributed by atoms with Crippen LogP contribution in [0.3, 0.4) is 0 Å². The first-order chi connectivity index (χ1) is 19.3. The van der Waals surface area contributed by atoms with Gasteiger partial charge in [0, 0.05) is 22.3 Å². The van der Waals surface area contributed by atoms with Gasteiger partial charge in [-0.1, -0.05) is 109 Å². The van der Waals surface area contributed by atoms with Crippen molar-refractivity contribution in [1.29, 1.82) is 0 Å². The Bertz CT molecular complexity index is 1820. The Morgan fingerprint density at radius 2 is 0.795 bits per heavy atom. The van der Waals surface area contributed by atoms with Crippen molar-refractivity contribution in [2.45, 2.75) is 0 Å². The molecule has 5 heteroatoms. The van der Waals surface area contributed by atoms with Crippen LogP contribution in [0.15, 0.2) is 138 Å². The van der Waals surface area contributed by atoms with Gasteiger partial charge in [-0.2, -0.15) is 0 Å². The molecule has 0 unspecified atom stereocenters. The van der Waals surface area contributed by atoms with E-state index in [1.54, 1.807) is 0 Å². The second-order valence-corrected chi connectivity index (χ2v) is 9.18. The predicted molar refractivity (Wildman–Crippen MR) is 155 cm³/mol. The number of oxazole rings is 1. The molecule has 0 saturated heterocycles. The third kappa shape index (κ3) is 4.58. The van der Waals surface area contributed by atoms with Crippen LogP contribution in [0.2, 0.25) is 0 Å². The number of rotatable bonds is 5. The van der Waals surface area contributed by atoms with Crippen LogP contribution in [0.5, 0.6) is 0 Å². The molecule has 0 atom stereocenters. The monoisotopic (exact) mass is 502 g/mol. The number of fused-ring (bicyclic) bond motifs is 1. The Kier molecular flexibility index (Phi) is 5.72. The lowest BCUT2D eigenvalue weighted by atomic mass is 10.1. The molecule has 0 fully saturated rings. The molecule has 0 saturated carbocycles. The highest BCUT2D eigenvalue weighted by atomic mass is 16.3. The fourth-order valence-electron chi connectivity index (χ4n) is 4.56. The van der Waals surface area contributed by atoms with Gasteiger partial charge in [-0.3, -0.25) is 0 Å². The van der Waals surface area contributed by atoms with Crippen molar-refractivity contribution in [1.82, 2.24) is 19.9 Å². The minimum atomic E-state index is 0.576. The van der Waals surface area contributed by atoms with Gasteiger partial charge in [0.05, 0.1) is 0 Å². The van der Waals surface area contributed by atoms with Crippen molar-refractivity contribution in [2.75, 3.05) is 0 Å². The van der Waals surface area contributed by atoms with Crippen LogP contribution in [-0.2, 0) is 0 Å². The van der Waals surface area contributed by atoms with E-state index in [4.69, 9.17) is 24.4 Å². The van der Waals surface area contributed by atoms with Crippen LogP contribution in [0, 0.1) is 0 Å². The third-order valence-corrected chi connectivity index (χ3v) is 6.58. The fraction of sp³-hybridized carbons (Fsp3) is 0. The first kappa shape index (κ1) is 22.8. The molecule has 0 aliphatic rings. The van der Waals surface area contributed by atoms with Crippen molar-refractivity contribution in [3.63, 3.8) is 0 Å². The number of hydrogen-bond donors (Lipinski definition) is 0. The molecule has 7 rings (SSSR count). The molecule has 0 aliphatic heterocycles. The van der Waals surface area contributed by atoms with E-state index in [9.17, 15) is 0 Å². The molecule has 2 heterocycles. The molecule has 7 aromatic rings. The molecule has 0 amide bonds. The van der Waals surface area contributed by atoms with E-state index in [-0.39, 0.29) is 0 Å². The van der Waals surface area contributed by atoms with Crippen LogP contribution in [0.4, 0.5) is 0 Å². The highest BCUT2D eigenvalue weighted by Crippen LogP contribution is 2.30. The summed E-state index contributed by atoms with van der Waals surface area (Å²) in [6, 6.07) is 44.3. The van der Waals surface area contributed by atoms with Gasteiger partial charge in [-0.25, -0.2) is 19.9 Å². The zero-order valence-corrected chi connectivity index (χ0v) is 20.9. The van der Waals surface area contributed by atoms with E-state index in [0.29, 0.717) is 23.4 Å². The molecule has 5 aromatic carbocycles. The second-order valence-electron chi connectivity index (χ2n) is 9.18. The standard InChI is InChI=1S/C34H22N4O/c1-4-10-23(11-5-1)28-20-21-30-29(22-28)35-34(39-30)27-18-16-26(17-19-27)33-37-31(24-12-6-2-7-13-24)36-32(38-33)25-14-8-3-9-15-25/h1-22H. The van der Waals surface area contributed by atoms with Crippen molar-refractivity contribution >= 4 is 11.1 Å². The number of benzene rings is 5. The Balaban J connectivity index is 1.25. The first-order valence-corrected chi connectivity index (χ1v) is 12.7. The Labute approximate surface area is 225 Å². The Morgan fingerprint density at radius 1 is 0.359 bits per heavy atom. The maximum Gasteiger partial charge on any atom is 0.227 e. The maximum absolute atomic E-state index is 6.09. The zero-order chi connectivity index (χ0) is 26.0. The first-order valence-electron chi connectivity index (χ1n) is 12.7. The molecule has 184 valence electrons. The molecule has 0 N–H and O–H groups in total. The second kappa shape index (κ2) is 9.80. The van der Waals surface area contributed by atoms with E-state index < -0.39 is 0 Å². The summed E-state index contributed by atoms with van der Waals surface area (Å²) in [5, 5.41) is 0. The molecular formula is C34H22N4O. The van der Waals surface area contributed by atoms with Gasteiger partial charge in [-0.05, 0) is 35.4 Å². The highest BCUT2D eigenvalue weighted by Gasteiger charge is 2.14. The van der Waals surface area contributed by atoms with Crippen molar-refractivity contribution in [3.8, 4) is 56.7 Å². The summed E-state index contributed by atoms with van der Waals surface area (Å²) in [7, 11) is 0. The zero-order valence-electron chi connectivity index (χ0n) is 20.9. The summed E-state index contributed by atoms with van der Waals surface area (Å²) in [4.78, 5) is 19.2. The van der Waals surface area contributed by atoms with Crippen LogP contribution >= 0.6 is 0 Å². The molecule has 2 aromatic heterocycles. The third-order valence-electron chi connectivity index (χ3n) is 6.58. The lowest BCUT2D eigenvalue weighted by Gasteiger charge is -2.08. The molecule has 0 aliphatic carbocycles. The lowest BCUT2D eigenvalue weighted by Crippen LogP contribution is -2.00. The van der Waals surface area contributed by atoms with E-state index in [2.05, 4.69) is 24.3 Å². The highest BCUT2D eigenvalue weighted by molar-refractivity contribution is 5.82. The normalized spacial score (nSPS) is 11.1. The SMILES string of the molecule is c1ccc(-c2ccc3oc(-c4ccc(-c5nc(-c6ccccc6)nc(-c6ccccc6)n5)cc4)nc3c2)cc1. The summed E-state index contributed by atoms with van der Waals surface area (Å²) in [5.74, 6) is 2.46. The average molecular weight is 503 g/mol. The summed E-state index contributed by atoms with van der Waals surface area (Å²) in [6.45, 7) is 0. The van der Waals surface area contributed by atoms with Crippen molar-refractivity contribution < 1.29 is 4.42 Å². The van der Waals surface area contributed by atoms with Crippen LogP contribution < -0.4 is 0 Å². The number of hydrogen-bond acceptors (Lipinski definition) is 5. The molecule has 0 spiro atoms. The molecule has 0 radical (unpaired) electrons. The summed E-state index contributed by atoms with van der Waals surface area (Å²) < 4.78 is 6.09. The maximum atomic E-state index is 6.09.